The number of fused-ring (bicyclic) bond motifs is 1. The van der Waals surface area contributed by atoms with E-state index in [2.05, 4.69) is 50.4 Å². The molecule has 1 N–H and O–H groups in total. The van der Waals surface area contributed by atoms with Crippen LogP contribution in [0.4, 0.5) is 10.1 Å². The van der Waals surface area contributed by atoms with Crippen LogP contribution in [0.15, 0.2) is 60.7 Å². The first kappa shape index (κ1) is 24.3. The normalized spacial score (nSPS) is 13.2. The molecular weight excluding hydrogens is 447 g/mol. The minimum absolute atomic E-state index is 0.0238. The third-order valence-corrected chi connectivity index (χ3v) is 6.81. The maximum absolute atomic E-state index is 13.8. The van der Waals surface area contributed by atoms with Crippen molar-refractivity contribution in [3.63, 3.8) is 0 Å². The van der Waals surface area contributed by atoms with Crippen molar-refractivity contribution in [1.29, 1.82) is 0 Å². The summed E-state index contributed by atoms with van der Waals surface area (Å²) in [6.45, 7) is 8.44. The molecule has 0 radical (unpaired) electrons. The van der Waals surface area contributed by atoms with Crippen molar-refractivity contribution in [1.82, 2.24) is 4.90 Å². The Morgan fingerprint density at radius 1 is 1.00 bits per heavy atom. The van der Waals surface area contributed by atoms with E-state index in [1.807, 2.05) is 17.0 Å². The van der Waals surface area contributed by atoms with Crippen LogP contribution in [0, 0.1) is 5.82 Å². The van der Waals surface area contributed by atoms with Crippen molar-refractivity contribution < 1.29 is 9.18 Å². The lowest BCUT2D eigenvalue weighted by Gasteiger charge is -2.27. The van der Waals surface area contributed by atoms with E-state index in [0.29, 0.717) is 30.1 Å². The minimum Gasteiger partial charge on any atom is -0.384 e. The summed E-state index contributed by atoms with van der Waals surface area (Å²) < 4.78 is 13.3. The van der Waals surface area contributed by atoms with Crippen molar-refractivity contribution in [3.8, 4) is 0 Å². The van der Waals surface area contributed by atoms with Gasteiger partial charge in [-0.3, -0.25) is 4.79 Å². The van der Waals surface area contributed by atoms with Crippen LogP contribution in [-0.4, -0.2) is 23.9 Å². The van der Waals surface area contributed by atoms with Crippen LogP contribution in [0.3, 0.4) is 0 Å². The molecular formula is C29H32ClFN2O. The molecule has 0 aromatic heterocycles. The SMILES string of the molecule is CC(C)(C)c1ccc(CN(CCc2ccc(F)cc2)C(=O)c2ccc(Cl)c3c2NCCC3)cc1. The molecule has 3 nitrogen and oxygen atoms in total. The summed E-state index contributed by atoms with van der Waals surface area (Å²) in [5.74, 6) is -0.279. The molecule has 0 saturated heterocycles. The van der Waals surface area contributed by atoms with Gasteiger partial charge in [-0.15, -0.1) is 0 Å². The van der Waals surface area contributed by atoms with Gasteiger partial charge in [0.25, 0.3) is 5.91 Å². The number of carbonyl (C=O) groups excluding carboxylic acids is 1. The molecule has 0 aliphatic carbocycles. The molecule has 0 unspecified atom stereocenters. The van der Waals surface area contributed by atoms with Crippen molar-refractivity contribution in [2.24, 2.45) is 0 Å². The fourth-order valence-corrected chi connectivity index (χ4v) is 4.65. The molecule has 34 heavy (non-hydrogen) atoms. The number of amides is 1. The molecule has 3 aromatic carbocycles. The average molecular weight is 479 g/mol. The number of benzene rings is 3. The summed E-state index contributed by atoms with van der Waals surface area (Å²) in [4.78, 5) is 15.7. The van der Waals surface area contributed by atoms with Gasteiger partial charge in [-0.1, -0.05) is 68.8 Å². The maximum Gasteiger partial charge on any atom is 0.256 e. The Hall–Kier alpha value is -2.85. The zero-order valence-electron chi connectivity index (χ0n) is 20.1. The van der Waals surface area contributed by atoms with Crippen molar-refractivity contribution in [3.05, 3.63) is 99.3 Å². The Balaban J connectivity index is 1.61. The number of carbonyl (C=O) groups is 1. The van der Waals surface area contributed by atoms with E-state index in [-0.39, 0.29) is 17.1 Å². The molecule has 1 aliphatic heterocycles. The highest BCUT2D eigenvalue weighted by molar-refractivity contribution is 6.32. The second-order valence-electron chi connectivity index (χ2n) is 10.0. The monoisotopic (exact) mass is 478 g/mol. The molecule has 4 rings (SSSR count). The molecule has 1 aliphatic rings. The number of rotatable bonds is 6. The largest absolute Gasteiger partial charge is 0.384 e. The minimum atomic E-state index is -0.255. The molecule has 1 amide bonds. The number of hydrogen-bond donors (Lipinski definition) is 1. The highest BCUT2D eigenvalue weighted by Gasteiger charge is 2.24. The summed E-state index contributed by atoms with van der Waals surface area (Å²) in [5, 5.41) is 4.11. The third-order valence-electron chi connectivity index (χ3n) is 6.46. The second-order valence-corrected chi connectivity index (χ2v) is 10.4. The Morgan fingerprint density at radius 2 is 1.68 bits per heavy atom. The van der Waals surface area contributed by atoms with Crippen LogP contribution in [0.5, 0.6) is 0 Å². The first-order chi connectivity index (χ1) is 16.2. The van der Waals surface area contributed by atoms with E-state index < -0.39 is 0 Å². The smallest absolute Gasteiger partial charge is 0.256 e. The van der Waals surface area contributed by atoms with E-state index in [1.54, 1.807) is 12.1 Å². The summed E-state index contributed by atoms with van der Waals surface area (Å²) >= 11 is 6.44. The van der Waals surface area contributed by atoms with Gasteiger partial charge >= 0.3 is 0 Å². The van der Waals surface area contributed by atoms with Gasteiger partial charge in [0.05, 0.1) is 11.3 Å². The van der Waals surface area contributed by atoms with Crippen LogP contribution in [0.1, 0.15) is 59.8 Å². The Labute approximate surface area is 206 Å². The van der Waals surface area contributed by atoms with E-state index in [9.17, 15) is 9.18 Å². The molecule has 0 saturated carbocycles. The fourth-order valence-electron chi connectivity index (χ4n) is 4.39. The van der Waals surface area contributed by atoms with Gasteiger partial charge in [0, 0.05) is 24.7 Å². The maximum atomic E-state index is 13.8. The fraction of sp³-hybridized carbons (Fsp3) is 0.345. The highest BCUT2D eigenvalue weighted by Crippen LogP contribution is 2.33. The Morgan fingerprint density at radius 3 is 2.35 bits per heavy atom. The topological polar surface area (TPSA) is 32.3 Å². The van der Waals surface area contributed by atoms with Gasteiger partial charge in [0.15, 0.2) is 0 Å². The number of anilines is 1. The predicted molar refractivity (Wildman–Crippen MR) is 138 cm³/mol. The van der Waals surface area contributed by atoms with Crippen LogP contribution in [0.25, 0.3) is 0 Å². The van der Waals surface area contributed by atoms with E-state index >= 15 is 0 Å². The third kappa shape index (κ3) is 5.61. The highest BCUT2D eigenvalue weighted by atomic mass is 35.5. The number of nitrogens with zero attached hydrogens (tertiary/aromatic N) is 1. The van der Waals surface area contributed by atoms with Gasteiger partial charge in [-0.2, -0.15) is 0 Å². The van der Waals surface area contributed by atoms with E-state index in [4.69, 9.17) is 11.6 Å². The van der Waals surface area contributed by atoms with Crippen LogP contribution >= 0.6 is 11.6 Å². The summed E-state index contributed by atoms with van der Waals surface area (Å²) in [5.41, 5.74) is 5.95. The zero-order valence-corrected chi connectivity index (χ0v) is 20.9. The Bertz CT molecular complexity index is 1150. The first-order valence-corrected chi connectivity index (χ1v) is 12.3. The molecule has 0 spiro atoms. The number of hydrogen-bond acceptors (Lipinski definition) is 2. The summed E-state index contributed by atoms with van der Waals surface area (Å²) in [6.07, 6.45) is 2.51. The lowest BCUT2D eigenvalue weighted by atomic mass is 9.87. The van der Waals surface area contributed by atoms with Gasteiger partial charge < -0.3 is 10.2 Å². The van der Waals surface area contributed by atoms with Gasteiger partial charge in [0.2, 0.25) is 0 Å². The van der Waals surface area contributed by atoms with Gasteiger partial charge in [-0.25, -0.2) is 4.39 Å². The van der Waals surface area contributed by atoms with Crippen molar-refractivity contribution >= 4 is 23.2 Å². The van der Waals surface area contributed by atoms with Gasteiger partial charge in [0.1, 0.15) is 5.82 Å². The molecule has 178 valence electrons. The molecule has 5 heteroatoms. The number of halogens is 2. The van der Waals surface area contributed by atoms with E-state index in [0.717, 1.165) is 41.8 Å². The molecule has 0 bridgehead atoms. The quantitative estimate of drug-likeness (QED) is 0.413. The standard InChI is InChI=1S/C29H32ClFN2O/c1-29(2,3)22-10-6-21(7-11-22)19-33(18-16-20-8-12-23(31)13-9-20)28(34)25-14-15-26(30)24-5-4-17-32-27(24)25/h6-15,32H,4-5,16-19H2,1-3H3. The van der Waals surface area contributed by atoms with Crippen LogP contribution < -0.4 is 5.32 Å². The lowest BCUT2D eigenvalue weighted by molar-refractivity contribution is 0.0746. The van der Waals surface area contributed by atoms with Crippen molar-refractivity contribution in [2.75, 3.05) is 18.4 Å². The van der Waals surface area contributed by atoms with Crippen LogP contribution in [-0.2, 0) is 24.8 Å². The molecule has 0 fully saturated rings. The van der Waals surface area contributed by atoms with Crippen molar-refractivity contribution in [2.45, 2.75) is 52.0 Å². The zero-order chi connectivity index (χ0) is 24.3. The molecule has 0 atom stereocenters. The Kier molecular flexibility index (Phi) is 7.27. The van der Waals surface area contributed by atoms with Gasteiger partial charge in [-0.05, 0) is 71.2 Å². The first-order valence-electron chi connectivity index (χ1n) is 11.9. The van der Waals surface area contributed by atoms with E-state index in [1.165, 1.54) is 17.7 Å². The van der Waals surface area contributed by atoms with Crippen LogP contribution in [0.2, 0.25) is 5.02 Å². The second kappa shape index (κ2) is 10.2. The average Bonchev–Trinajstić information content (AvgIpc) is 2.82. The molecule has 3 aromatic rings. The summed E-state index contributed by atoms with van der Waals surface area (Å²) in [7, 11) is 0. The predicted octanol–water partition coefficient (Wildman–Crippen LogP) is 7.02. The summed E-state index contributed by atoms with van der Waals surface area (Å²) in [6, 6.07) is 18.6. The lowest BCUT2D eigenvalue weighted by Crippen LogP contribution is -2.33. The number of nitrogens with one attached hydrogen (secondary N) is 1. The molecule has 1 heterocycles.